The van der Waals surface area contributed by atoms with Crippen LogP contribution in [-0.4, -0.2) is 14.9 Å². The summed E-state index contributed by atoms with van der Waals surface area (Å²) in [6, 6.07) is 11.9. The largest absolute Gasteiger partial charge is 0.508 e. The third-order valence-electron chi connectivity index (χ3n) is 3.82. The molecule has 0 fully saturated rings. The second-order valence-corrected chi connectivity index (χ2v) is 5.55. The maximum Gasteiger partial charge on any atom is 0.344 e. The Labute approximate surface area is 136 Å². The molecule has 0 amide bonds. The highest BCUT2D eigenvalue weighted by Gasteiger charge is 2.09. The number of hydrogen-bond donors (Lipinski definition) is 1. The van der Waals surface area contributed by atoms with Gasteiger partial charge < -0.3 is 14.3 Å². The van der Waals surface area contributed by atoms with Gasteiger partial charge in [0.05, 0.1) is 11.1 Å². The summed E-state index contributed by atoms with van der Waals surface area (Å²) < 4.78 is 12.8. The van der Waals surface area contributed by atoms with Crippen LogP contribution in [0.2, 0.25) is 0 Å². The van der Waals surface area contributed by atoms with Gasteiger partial charge in [0.2, 0.25) is 0 Å². The van der Waals surface area contributed by atoms with Gasteiger partial charge in [-0.3, -0.25) is 4.68 Å². The van der Waals surface area contributed by atoms with E-state index in [0.717, 1.165) is 16.5 Å². The Morgan fingerprint density at radius 1 is 1.12 bits per heavy atom. The van der Waals surface area contributed by atoms with Crippen molar-refractivity contribution < 1.29 is 14.3 Å². The number of phenolic OH excluding ortho intramolecular Hbond substituents is 1. The monoisotopic (exact) mass is 322 g/mol. The van der Waals surface area contributed by atoms with Crippen LogP contribution in [0.4, 0.5) is 0 Å². The summed E-state index contributed by atoms with van der Waals surface area (Å²) >= 11 is 0. The molecule has 4 rings (SSSR count). The molecule has 2 aromatic heterocycles. The van der Waals surface area contributed by atoms with Crippen molar-refractivity contribution in [3.63, 3.8) is 0 Å². The second kappa shape index (κ2) is 5.42. The Balaban J connectivity index is 1.74. The van der Waals surface area contributed by atoms with Crippen LogP contribution in [0.1, 0.15) is 5.69 Å². The van der Waals surface area contributed by atoms with Gasteiger partial charge in [0.15, 0.2) is 0 Å². The average molecular weight is 322 g/mol. The topological polar surface area (TPSA) is 77.5 Å². The number of fused-ring (bicyclic) bond motifs is 3. The normalized spacial score (nSPS) is 11.2. The van der Waals surface area contributed by atoms with E-state index in [1.807, 2.05) is 31.4 Å². The Kier molecular flexibility index (Phi) is 3.23. The highest BCUT2D eigenvalue weighted by molar-refractivity contribution is 6.04. The highest BCUT2D eigenvalue weighted by Crippen LogP contribution is 2.28. The molecule has 0 atom stereocenters. The number of aromatic hydroxyl groups is 1. The maximum absolute atomic E-state index is 12.1. The first-order valence-electron chi connectivity index (χ1n) is 7.41. The predicted molar refractivity (Wildman–Crippen MR) is 89.2 cm³/mol. The summed E-state index contributed by atoms with van der Waals surface area (Å²) in [4.78, 5) is 12.1. The van der Waals surface area contributed by atoms with Crippen LogP contribution in [0.25, 0.3) is 21.7 Å². The quantitative estimate of drug-likeness (QED) is 0.463. The number of aryl methyl sites for hydroxylation is 1. The van der Waals surface area contributed by atoms with Crippen molar-refractivity contribution in [3.05, 3.63) is 64.8 Å². The molecule has 4 aromatic rings. The van der Waals surface area contributed by atoms with Crippen LogP contribution < -0.4 is 10.4 Å². The number of hydrogen-bond acceptors (Lipinski definition) is 5. The Bertz CT molecular complexity index is 1110. The highest BCUT2D eigenvalue weighted by atomic mass is 16.5. The minimum absolute atomic E-state index is 0.0319. The number of benzene rings is 2. The lowest BCUT2D eigenvalue weighted by Gasteiger charge is -2.07. The second-order valence-electron chi connectivity index (χ2n) is 5.55. The molecule has 2 heterocycles. The van der Waals surface area contributed by atoms with E-state index in [0.29, 0.717) is 23.3 Å². The fourth-order valence-electron chi connectivity index (χ4n) is 2.69. The van der Waals surface area contributed by atoms with E-state index in [1.165, 1.54) is 6.07 Å². The molecule has 0 aliphatic rings. The van der Waals surface area contributed by atoms with Gasteiger partial charge in [0, 0.05) is 30.1 Å². The molecule has 6 nitrogen and oxygen atoms in total. The van der Waals surface area contributed by atoms with Crippen molar-refractivity contribution in [2.75, 3.05) is 0 Å². The van der Waals surface area contributed by atoms with Gasteiger partial charge in [-0.25, -0.2) is 4.79 Å². The molecule has 0 radical (unpaired) electrons. The smallest absolute Gasteiger partial charge is 0.344 e. The zero-order chi connectivity index (χ0) is 16.7. The van der Waals surface area contributed by atoms with Gasteiger partial charge >= 0.3 is 5.63 Å². The van der Waals surface area contributed by atoms with Crippen LogP contribution >= 0.6 is 0 Å². The van der Waals surface area contributed by atoms with Gasteiger partial charge in [0.25, 0.3) is 0 Å². The third kappa shape index (κ3) is 2.48. The van der Waals surface area contributed by atoms with Gasteiger partial charge in [-0.1, -0.05) is 0 Å². The third-order valence-corrected chi connectivity index (χ3v) is 3.82. The van der Waals surface area contributed by atoms with Crippen molar-refractivity contribution in [3.8, 4) is 11.5 Å². The van der Waals surface area contributed by atoms with E-state index in [-0.39, 0.29) is 5.75 Å². The first-order valence-corrected chi connectivity index (χ1v) is 7.41. The van der Waals surface area contributed by atoms with Crippen LogP contribution in [0.3, 0.4) is 0 Å². The molecular weight excluding hydrogens is 308 g/mol. The number of nitrogens with zero attached hydrogens (tertiary/aromatic N) is 2. The Morgan fingerprint density at radius 2 is 1.96 bits per heavy atom. The van der Waals surface area contributed by atoms with E-state index in [4.69, 9.17) is 9.15 Å². The average Bonchev–Trinajstić information content (AvgIpc) is 2.98. The number of ether oxygens (including phenoxy) is 1. The fourth-order valence-corrected chi connectivity index (χ4v) is 2.69. The zero-order valence-electron chi connectivity index (χ0n) is 12.9. The van der Waals surface area contributed by atoms with Crippen molar-refractivity contribution in [1.82, 2.24) is 9.78 Å². The van der Waals surface area contributed by atoms with Crippen LogP contribution in [0, 0.1) is 0 Å². The maximum atomic E-state index is 12.1. The minimum Gasteiger partial charge on any atom is -0.508 e. The molecule has 0 saturated heterocycles. The summed E-state index contributed by atoms with van der Waals surface area (Å²) in [6.07, 6.45) is 1.85. The van der Waals surface area contributed by atoms with Gasteiger partial charge in [-0.05, 0) is 36.4 Å². The lowest BCUT2D eigenvalue weighted by atomic mass is 10.1. The molecule has 0 aliphatic carbocycles. The molecule has 24 heavy (non-hydrogen) atoms. The van der Waals surface area contributed by atoms with E-state index in [1.54, 1.807) is 22.9 Å². The minimum atomic E-state index is -0.490. The van der Waals surface area contributed by atoms with E-state index in [9.17, 15) is 9.90 Å². The molecule has 2 aromatic carbocycles. The summed E-state index contributed by atoms with van der Waals surface area (Å²) in [5, 5.41) is 15.7. The molecule has 120 valence electrons. The number of rotatable bonds is 3. The summed E-state index contributed by atoms with van der Waals surface area (Å²) in [5.41, 5.74) is 0.764. The Hall–Kier alpha value is -3.28. The molecule has 0 aliphatic heterocycles. The van der Waals surface area contributed by atoms with Gasteiger partial charge in [0.1, 0.15) is 23.7 Å². The van der Waals surface area contributed by atoms with Crippen LogP contribution in [0.5, 0.6) is 11.5 Å². The summed E-state index contributed by atoms with van der Waals surface area (Å²) in [6.45, 7) is 0.331. The van der Waals surface area contributed by atoms with Gasteiger partial charge in [-0.2, -0.15) is 5.10 Å². The summed E-state index contributed by atoms with van der Waals surface area (Å²) in [5.74, 6) is 0.624. The Morgan fingerprint density at radius 3 is 2.75 bits per heavy atom. The first-order chi connectivity index (χ1) is 11.6. The molecule has 0 spiro atoms. The number of phenols is 1. The van der Waals surface area contributed by atoms with E-state index in [2.05, 4.69) is 5.10 Å². The molecule has 0 unspecified atom stereocenters. The molecule has 1 N–H and O–H groups in total. The molecule has 0 saturated carbocycles. The van der Waals surface area contributed by atoms with Crippen LogP contribution in [0.15, 0.2) is 57.9 Å². The van der Waals surface area contributed by atoms with Crippen molar-refractivity contribution >= 4 is 21.7 Å². The van der Waals surface area contributed by atoms with Gasteiger partial charge in [-0.15, -0.1) is 0 Å². The van der Waals surface area contributed by atoms with Crippen molar-refractivity contribution in [2.45, 2.75) is 6.61 Å². The molecule has 6 heteroatoms. The van der Waals surface area contributed by atoms with E-state index >= 15 is 0 Å². The predicted octanol–water partition coefficient (Wildman–Crippen LogP) is 2.96. The van der Waals surface area contributed by atoms with Crippen molar-refractivity contribution in [1.29, 1.82) is 0 Å². The SMILES string of the molecule is Cn1ccc(COc2ccc3c(c2)oc(=O)c2cc(O)ccc23)n1. The van der Waals surface area contributed by atoms with E-state index < -0.39 is 5.63 Å². The lowest BCUT2D eigenvalue weighted by Crippen LogP contribution is -2.01. The van der Waals surface area contributed by atoms with Crippen molar-refractivity contribution in [2.24, 2.45) is 7.05 Å². The first kappa shape index (κ1) is 14.3. The van der Waals surface area contributed by atoms with Crippen LogP contribution in [-0.2, 0) is 13.7 Å². The molecule has 0 bridgehead atoms. The standard InChI is InChI=1S/C18H14N2O4/c1-20-7-6-11(19-20)10-23-13-3-5-15-14-4-2-12(21)8-16(14)18(22)24-17(15)9-13/h2-9,21H,10H2,1H3. The lowest BCUT2D eigenvalue weighted by molar-refractivity contribution is 0.300. The summed E-state index contributed by atoms with van der Waals surface area (Å²) in [7, 11) is 1.84. The number of aromatic nitrogens is 2. The fraction of sp³-hybridized carbons (Fsp3) is 0.111. The zero-order valence-corrected chi connectivity index (χ0v) is 12.9. The molecular formula is C18H14N2O4.